The molecule has 0 spiro atoms. The van der Waals surface area contributed by atoms with Crippen LogP contribution in [0.1, 0.15) is 12.0 Å². The Hall–Kier alpha value is -1.62. The predicted molar refractivity (Wildman–Crippen MR) is 85.7 cm³/mol. The number of anilines is 1. The Morgan fingerprint density at radius 1 is 1.10 bits per heavy atom. The molecule has 1 aromatic carbocycles. The molecule has 0 saturated carbocycles. The van der Waals surface area contributed by atoms with Crippen molar-refractivity contribution in [3.8, 4) is 0 Å². The second-order valence-corrected chi connectivity index (χ2v) is 5.27. The standard InChI is InChI=1S/C15H15Cl2N3O/c16-13-2-1-12(9-14(13)17)20-15(21)5-8-19-10-11-3-6-18-7-4-11/h1-4,6-7,9,19H,5,8,10H2,(H,20,21). The molecule has 0 unspecified atom stereocenters. The zero-order valence-electron chi connectivity index (χ0n) is 11.3. The normalized spacial score (nSPS) is 10.4. The van der Waals surface area contributed by atoms with Gasteiger partial charge in [0.25, 0.3) is 0 Å². The second-order valence-electron chi connectivity index (χ2n) is 4.46. The van der Waals surface area contributed by atoms with Crippen LogP contribution in [0.25, 0.3) is 0 Å². The van der Waals surface area contributed by atoms with Gasteiger partial charge in [-0.3, -0.25) is 9.78 Å². The summed E-state index contributed by atoms with van der Waals surface area (Å²) in [6.45, 7) is 1.30. The Morgan fingerprint density at radius 3 is 2.57 bits per heavy atom. The number of amides is 1. The maximum Gasteiger partial charge on any atom is 0.225 e. The Kier molecular flexibility index (Phi) is 5.99. The summed E-state index contributed by atoms with van der Waals surface area (Å²) in [5, 5.41) is 6.87. The van der Waals surface area contributed by atoms with Crippen LogP contribution in [-0.4, -0.2) is 17.4 Å². The lowest BCUT2D eigenvalue weighted by Crippen LogP contribution is -2.21. The minimum Gasteiger partial charge on any atom is -0.326 e. The van der Waals surface area contributed by atoms with Crippen molar-refractivity contribution in [3.63, 3.8) is 0 Å². The van der Waals surface area contributed by atoms with Crippen LogP contribution in [0.5, 0.6) is 0 Å². The van der Waals surface area contributed by atoms with E-state index < -0.39 is 0 Å². The van der Waals surface area contributed by atoms with E-state index in [1.54, 1.807) is 30.6 Å². The molecule has 0 aliphatic rings. The molecule has 0 atom stereocenters. The Labute approximate surface area is 133 Å². The van der Waals surface area contributed by atoms with Gasteiger partial charge in [0.05, 0.1) is 10.0 Å². The first-order chi connectivity index (χ1) is 10.1. The number of carbonyl (C=O) groups is 1. The molecule has 21 heavy (non-hydrogen) atoms. The van der Waals surface area contributed by atoms with Crippen molar-refractivity contribution >= 4 is 34.8 Å². The summed E-state index contributed by atoms with van der Waals surface area (Å²) in [5.41, 5.74) is 1.78. The van der Waals surface area contributed by atoms with Gasteiger partial charge < -0.3 is 10.6 Å². The van der Waals surface area contributed by atoms with Crippen molar-refractivity contribution in [2.75, 3.05) is 11.9 Å². The average molecular weight is 324 g/mol. The molecule has 110 valence electrons. The molecule has 0 bridgehead atoms. The van der Waals surface area contributed by atoms with Crippen LogP contribution in [0.3, 0.4) is 0 Å². The van der Waals surface area contributed by atoms with Gasteiger partial charge in [0.15, 0.2) is 0 Å². The predicted octanol–water partition coefficient (Wildman–Crippen LogP) is 3.51. The van der Waals surface area contributed by atoms with Crippen molar-refractivity contribution in [1.82, 2.24) is 10.3 Å². The summed E-state index contributed by atoms with van der Waals surface area (Å²) in [6, 6.07) is 8.87. The van der Waals surface area contributed by atoms with E-state index in [1.165, 1.54) is 0 Å². The topological polar surface area (TPSA) is 54.0 Å². The van der Waals surface area contributed by atoms with E-state index in [9.17, 15) is 4.79 Å². The van der Waals surface area contributed by atoms with Gasteiger partial charge in [0.2, 0.25) is 5.91 Å². The molecule has 2 aromatic rings. The molecule has 1 heterocycles. The highest BCUT2D eigenvalue weighted by molar-refractivity contribution is 6.42. The first-order valence-corrected chi connectivity index (χ1v) is 7.25. The first-order valence-electron chi connectivity index (χ1n) is 6.49. The molecule has 2 N–H and O–H groups in total. The Bertz CT molecular complexity index is 605. The third kappa shape index (κ3) is 5.34. The number of rotatable bonds is 6. The number of aromatic nitrogens is 1. The largest absolute Gasteiger partial charge is 0.326 e. The van der Waals surface area contributed by atoms with Crippen molar-refractivity contribution in [2.45, 2.75) is 13.0 Å². The number of hydrogen-bond donors (Lipinski definition) is 2. The van der Waals surface area contributed by atoms with Crippen LogP contribution in [0.2, 0.25) is 10.0 Å². The summed E-state index contributed by atoms with van der Waals surface area (Å²) in [6.07, 6.45) is 3.87. The molecule has 0 aliphatic carbocycles. The summed E-state index contributed by atoms with van der Waals surface area (Å²) in [4.78, 5) is 15.7. The van der Waals surface area contributed by atoms with E-state index in [1.807, 2.05) is 12.1 Å². The van der Waals surface area contributed by atoms with Gasteiger partial charge in [-0.05, 0) is 35.9 Å². The summed E-state index contributed by atoms with van der Waals surface area (Å²) >= 11 is 11.7. The summed E-state index contributed by atoms with van der Waals surface area (Å²) in [5.74, 6) is -0.0735. The van der Waals surface area contributed by atoms with Crippen LogP contribution in [0.4, 0.5) is 5.69 Å². The van der Waals surface area contributed by atoms with Crippen LogP contribution >= 0.6 is 23.2 Å². The van der Waals surface area contributed by atoms with E-state index >= 15 is 0 Å². The first kappa shape index (κ1) is 15.8. The molecule has 0 fully saturated rings. The van der Waals surface area contributed by atoms with Gasteiger partial charge in [0, 0.05) is 37.6 Å². The van der Waals surface area contributed by atoms with E-state index in [0.29, 0.717) is 35.2 Å². The SMILES string of the molecule is O=C(CCNCc1ccncc1)Nc1ccc(Cl)c(Cl)c1. The highest BCUT2D eigenvalue weighted by Crippen LogP contribution is 2.24. The van der Waals surface area contributed by atoms with E-state index in [4.69, 9.17) is 23.2 Å². The smallest absolute Gasteiger partial charge is 0.225 e. The minimum absolute atomic E-state index is 0.0735. The maximum atomic E-state index is 11.8. The minimum atomic E-state index is -0.0735. The zero-order valence-corrected chi connectivity index (χ0v) is 12.8. The number of nitrogens with zero attached hydrogens (tertiary/aromatic N) is 1. The van der Waals surface area contributed by atoms with Crippen LogP contribution in [-0.2, 0) is 11.3 Å². The van der Waals surface area contributed by atoms with Gasteiger partial charge in [0.1, 0.15) is 0 Å². The van der Waals surface area contributed by atoms with Crippen LogP contribution in [0, 0.1) is 0 Å². The number of benzene rings is 1. The van der Waals surface area contributed by atoms with Crippen LogP contribution in [0.15, 0.2) is 42.7 Å². The Balaban J connectivity index is 1.71. The molecule has 0 radical (unpaired) electrons. The fourth-order valence-electron chi connectivity index (χ4n) is 1.73. The fourth-order valence-corrected chi connectivity index (χ4v) is 2.03. The molecular weight excluding hydrogens is 309 g/mol. The monoisotopic (exact) mass is 323 g/mol. The number of hydrogen-bond acceptors (Lipinski definition) is 3. The van der Waals surface area contributed by atoms with Crippen molar-refractivity contribution < 1.29 is 4.79 Å². The highest BCUT2D eigenvalue weighted by atomic mass is 35.5. The van der Waals surface area contributed by atoms with E-state index in [2.05, 4.69) is 15.6 Å². The van der Waals surface area contributed by atoms with Gasteiger partial charge in [-0.25, -0.2) is 0 Å². The molecule has 1 aromatic heterocycles. The van der Waals surface area contributed by atoms with Gasteiger partial charge in [-0.15, -0.1) is 0 Å². The fraction of sp³-hybridized carbons (Fsp3) is 0.200. The van der Waals surface area contributed by atoms with Gasteiger partial charge in [-0.1, -0.05) is 23.2 Å². The highest BCUT2D eigenvalue weighted by Gasteiger charge is 2.04. The molecule has 6 heteroatoms. The molecule has 1 amide bonds. The number of nitrogens with one attached hydrogen (secondary N) is 2. The molecule has 4 nitrogen and oxygen atoms in total. The number of halogens is 2. The van der Waals surface area contributed by atoms with Gasteiger partial charge >= 0.3 is 0 Å². The second kappa shape index (κ2) is 7.98. The Morgan fingerprint density at radius 2 is 1.86 bits per heavy atom. The van der Waals surface area contributed by atoms with Gasteiger partial charge in [-0.2, -0.15) is 0 Å². The lowest BCUT2D eigenvalue weighted by Gasteiger charge is -2.07. The quantitative estimate of drug-likeness (QED) is 0.800. The number of pyridine rings is 1. The summed E-state index contributed by atoms with van der Waals surface area (Å²) in [7, 11) is 0. The van der Waals surface area contributed by atoms with Crippen molar-refractivity contribution in [3.05, 3.63) is 58.3 Å². The molecular formula is C15H15Cl2N3O. The average Bonchev–Trinajstić information content (AvgIpc) is 2.49. The summed E-state index contributed by atoms with van der Waals surface area (Å²) < 4.78 is 0. The third-order valence-corrected chi connectivity index (χ3v) is 3.55. The van der Waals surface area contributed by atoms with Crippen molar-refractivity contribution in [1.29, 1.82) is 0 Å². The van der Waals surface area contributed by atoms with Crippen molar-refractivity contribution in [2.24, 2.45) is 0 Å². The van der Waals surface area contributed by atoms with E-state index in [-0.39, 0.29) is 5.91 Å². The van der Waals surface area contributed by atoms with Crippen LogP contribution < -0.4 is 10.6 Å². The lowest BCUT2D eigenvalue weighted by molar-refractivity contribution is -0.116. The molecule has 0 aliphatic heterocycles. The molecule has 2 rings (SSSR count). The zero-order chi connectivity index (χ0) is 15.1. The molecule has 0 saturated heterocycles. The number of carbonyl (C=O) groups excluding carboxylic acids is 1. The lowest BCUT2D eigenvalue weighted by atomic mass is 10.2. The van der Waals surface area contributed by atoms with E-state index in [0.717, 1.165) is 5.56 Å². The third-order valence-electron chi connectivity index (χ3n) is 2.81. The maximum absolute atomic E-state index is 11.8.